The van der Waals surface area contributed by atoms with Crippen LogP contribution in [0.1, 0.15) is 31.7 Å². The van der Waals surface area contributed by atoms with Gasteiger partial charge in [0.2, 0.25) is 11.7 Å². The molecule has 0 aliphatic carbocycles. The topological polar surface area (TPSA) is 63.8 Å². The number of hydrogen-bond acceptors (Lipinski definition) is 5. The van der Waals surface area contributed by atoms with E-state index >= 15 is 0 Å². The first-order chi connectivity index (χ1) is 9.16. The summed E-state index contributed by atoms with van der Waals surface area (Å²) in [6.45, 7) is 7.22. The number of hydrogen-bond donors (Lipinski definition) is 1. The molecule has 2 aromatic heterocycles. The number of aromatic nitrogens is 3. The predicted molar refractivity (Wildman–Crippen MR) is 73.7 cm³/mol. The third kappa shape index (κ3) is 3.86. The molecule has 1 N–H and O–H groups in total. The van der Waals surface area contributed by atoms with Crippen LogP contribution in [0.2, 0.25) is 0 Å². The minimum atomic E-state index is 0.512. The molecule has 0 radical (unpaired) electrons. The van der Waals surface area contributed by atoms with Crippen molar-refractivity contribution >= 4 is 0 Å². The fraction of sp³-hybridized carbons (Fsp3) is 0.500. The molecule has 0 saturated heterocycles. The van der Waals surface area contributed by atoms with Crippen molar-refractivity contribution in [3.8, 4) is 11.4 Å². The van der Waals surface area contributed by atoms with E-state index in [-0.39, 0.29) is 0 Å². The zero-order valence-electron chi connectivity index (χ0n) is 11.7. The molecule has 0 spiro atoms. The van der Waals surface area contributed by atoms with Crippen LogP contribution >= 0.6 is 0 Å². The summed E-state index contributed by atoms with van der Waals surface area (Å²) in [4.78, 5) is 8.48. The molecule has 102 valence electrons. The van der Waals surface area contributed by atoms with E-state index < -0.39 is 0 Å². The van der Waals surface area contributed by atoms with E-state index in [9.17, 15) is 0 Å². The highest BCUT2D eigenvalue weighted by Gasteiger charge is 2.10. The Morgan fingerprint density at radius 3 is 2.95 bits per heavy atom. The summed E-state index contributed by atoms with van der Waals surface area (Å²) in [6, 6.07) is 2.42. The second-order valence-corrected chi connectivity index (χ2v) is 4.91. The zero-order chi connectivity index (χ0) is 13.7. The average molecular weight is 260 g/mol. The largest absolute Gasteiger partial charge is 0.339 e. The summed E-state index contributed by atoms with van der Waals surface area (Å²) in [5.74, 6) is 1.34. The summed E-state index contributed by atoms with van der Waals surface area (Å²) < 4.78 is 5.27. The van der Waals surface area contributed by atoms with Crippen LogP contribution < -0.4 is 5.32 Å². The first kappa shape index (κ1) is 13.7. The maximum Gasteiger partial charge on any atom is 0.227 e. The molecule has 0 aliphatic heterocycles. The van der Waals surface area contributed by atoms with Gasteiger partial charge in [-0.05, 0) is 31.5 Å². The van der Waals surface area contributed by atoms with Gasteiger partial charge < -0.3 is 9.84 Å². The van der Waals surface area contributed by atoms with Gasteiger partial charge in [0, 0.05) is 30.4 Å². The van der Waals surface area contributed by atoms with E-state index in [0.717, 1.165) is 30.5 Å². The standard InChI is InChI=1S/C14H20N4O/c1-10(2)16-7-4-5-13-17-14(18-19-13)12-6-8-15-9-11(12)3/h6,8-10,16H,4-5,7H2,1-3H3. The van der Waals surface area contributed by atoms with Crippen molar-refractivity contribution in [2.24, 2.45) is 0 Å². The summed E-state index contributed by atoms with van der Waals surface area (Å²) in [7, 11) is 0. The molecule has 0 aromatic carbocycles. The minimum Gasteiger partial charge on any atom is -0.339 e. The van der Waals surface area contributed by atoms with Crippen LogP contribution in [-0.4, -0.2) is 27.7 Å². The van der Waals surface area contributed by atoms with E-state index in [4.69, 9.17) is 4.52 Å². The monoisotopic (exact) mass is 260 g/mol. The van der Waals surface area contributed by atoms with Crippen molar-refractivity contribution in [1.82, 2.24) is 20.4 Å². The maximum absolute atomic E-state index is 5.27. The van der Waals surface area contributed by atoms with Crippen LogP contribution in [0.25, 0.3) is 11.4 Å². The Hall–Kier alpha value is -1.75. The maximum atomic E-state index is 5.27. The first-order valence-corrected chi connectivity index (χ1v) is 6.64. The lowest BCUT2D eigenvalue weighted by molar-refractivity contribution is 0.374. The first-order valence-electron chi connectivity index (χ1n) is 6.64. The normalized spacial score (nSPS) is 11.2. The highest BCUT2D eigenvalue weighted by molar-refractivity contribution is 5.57. The highest BCUT2D eigenvalue weighted by Crippen LogP contribution is 2.19. The molecule has 2 heterocycles. The fourth-order valence-electron chi connectivity index (χ4n) is 1.82. The Kier molecular flexibility index (Phi) is 4.63. The second-order valence-electron chi connectivity index (χ2n) is 4.91. The van der Waals surface area contributed by atoms with Crippen LogP contribution in [0.4, 0.5) is 0 Å². The summed E-state index contributed by atoms with van der Waals surface area (Å²) in [5.41, 5.74) is 2.03. The molecule has 5 nitrogen and oxygen atoms in total. The van der Waals surface area contributed by atoms with E-state index in [0.29, 0.717) is 17.8 Å². The molecule has 0 fully saturated rings. The summed E-state index contributed by atoms with van der Waals surface area (Å²) >= 11 is 0. The molecule has 0 amide bonds. The van der Waals surface area contributed by atoms with Gasteiger partial charge >= 0.3 is 0 Å². The number of pyridine rings is 1. The number of nitrogens with zero attached hydrogens (tertiary/aromatic N) is 3. The lowest BCUT2D eigenvalue weighted by Gasteiger charge is -2.05. The molecule has 2 aromatic rings. The number of nitrogens with one attached hydrogen (secondary N) is 1. The van der Waals surface area contributed by atoms with Crippen LogP contribution in [0.15, 0.2) is 23.0 Å². The van der Waals surface area contributed by atoms with Gasteiger partial charge in [-0.25, -0.2) is 0 Å². The van der Waals surface area contributed by atoms with E-state index in [1.807, 2.05) is 13.0 Å². The SMILES string of the molecule is Cc1cnccc1-c1noc(CCCNC(C)C)n1. The molecule has 0 atom stereocenters. The Bertz CT molecular complexity index is 522. The molecule has 0 saturated carbocycles. The molecule has 19 heavy (non-hydrogen) atoms. The lowest BCUT2D eigenvalue weighted by atomic mass is 10.1. The Morgan fingerprint density at radius 1 is 1.37 bits per heavy atom. The number of rotatable bonds is 6. The quantitative estimate of drug-likeness (QED) is 0.808. The summed E-state index contributed by atoms with van der Waals surface area (Å²) in [6.07, 6.45) is 5.34. The Balaban J connectivity index is 1.94. The van der Waals surface area contributed by atoms with Gasteiger partial charge in [0.05, 0.1) is 0 Å². The van der Waals surface area contributed by atoms with E-state index in [2.05, 4.69) is 34.3 Å². The molecule has 0 aliphatic rings. The second kappa shape index (κ2) is 6.43. The third-order valence-electron chi connectivity index (χ3n) is 2.85. The van der Waals surface area contributed by atoms with Crippen molar-refractivity contribution in [2.45, 2.75) is 39.7 Å². The Labute approximate surface area is 113 Å². The fourth-order valence-corrected chi connectivity index (χ4v) is 1.82. The molecule has 2 rings (SSSR count). The van der Waals surface area contributed by atoms with Crippen LogP contribution in [0.5, 0.6) is 0 Å². The van der Waals surface area contributed by atoms with Crippen molar-refractivity contribution < 1.29 is 4.52 Å². The molecule has 5 heteroatoms. The smallest absolute Gasteiger partial charge is 0.227 e. The number of aryl methyl sites for hydroxylation is 2. The van der Waals surface area contributed by atoms with Gasteiger partial charge in [0.15, 0.2) is 0 Å². The average Bonchev–Trinajstić information content (AvgIpc) is 2.83. The Morgan fingerprint density at radius 2 is 2.21 bits per heavy atom. The minimum absolute atomic E-state index is 0.512. The predicted octanol–water partition coefficient (Wildman–Crippen LogP) is 2.37. The van der Waals surface area contributed by atoms with Gasteiger partial charge in [0.25, 0.3) is 0 Å². The van der Waals surface area contributed by atoms with Crippen LogP contribution in [-0.2, 0) is 6.42 Å². The molecular formula is C14H20N4O. The van der Waals surface area contributed by atoms with Gasteiger partial charge in [-0.15, -0.1) is 0 Å². The van der Waals surface area contributed by atoms with Crippen molar-refractivity contribution in [1.29, 1.82) is 0 Å². The summed E-state index contributed by atoms with van der Waals surface area (Å²) in [5, 5.41) is 7.39. The zero-order valence-corrected chi connectivity index (χ0v) is 11.7. The van der Waals surface area contributed by atoms with Gasteiger partial charge in [-0.2, -0.15) is 4.98 Å². The van der Waals surface area contributed by atoms with Crippen LogP contribution in [0, 0.1) is 6.92 Å². The van der Waals surface area contributed by atoms with Gasteiger partial charge in [0.1, 0.15) is 0 Å². The van der Waals surface area contributed by atoms with E-state index in [1.165, 1.54) is 0 Å². The van der Waals surface area contributed by atoms with Gasteiger partial charge in [-0.1, -0.05) is 19.0 Å². The van der Waals surface area contributed by atoms with Crippen molar-refractivity contribution in [3.63, 3.8) is 0 Å². The third-order valence-corrected chi connectivity index (χ3v) is 2.85. The van der Waals surface area contributed by atoms with Crippen LogP contribution in [0.3, 0.4) is 0 Å². The van der Waals surface area contributed by atoms with Gasteiger partial charge in [-0.3, -0.25) is 4.98 Å². The lowest BCUT2D eigenvalue weighted by Crippen LogP contribution is -2.23. The van der Waals surface area contributed by atoms with Crippen molar-refractivity contribution in [2.75, 3.05) is 6.54 Å². The molecular weight excluding hydrogens is 240 g/mol. The molecule has 0 unspecified atom stereocenters. The van der Waals surface area contributed by atoms with E-state index in [1.54, 1.807) is 12.4 Å². The molecule has 0 bridgehead atoms. The van der Waals surface area contributed by atoms with Crippen molar-refractivity contribution in [3.05, 3.63) is 29.9 Å². The highest BCUT2D eigenvalue weighted by atomic mass is 16.5.